The van der Waals surface area contributed by atoms with Gasteiger partial charge in [-0.25, -0.2) is 4.79 Å². The largest absolute Gasteiger partial charge is 0.478 e. The zero-order valence-corrected chi connectivity index (χ0v) is 7.16. The van der Waals surface area contributed by atoms with Crippen LogP contribution < -0.4 is 0 Å². The molecule has 12 heavy (non-hydrogen) atoms. The van der Waals surface area contributed by atoms with Gasteiger partial charge in [0, 0.05) is 25.6 Å². The molecule has 0 fully saturated rings. The first-order valence-electron chi connectivity index (χ1n) is 3.68. The summed E-state index contributed by atoms with van der Waals surface area (Å²) in [6.45, 7) is 1.41. The Morgan fingerprint density at radius 2 is 2.42 bits per heavy atom. The highest BCUT2D eigenvalue weighted by molar-refractivity contribution is 5.79. The second kappa shape index (κ2) is 6.44. The van der Waals surface area contributed by atoms with Crippen molar-refractivity contribution in [2.75, 3.05) is 20.1 Å². The lowest BCUT2D eigenvalue weighted by Gasteiger charge is -2.10. The molecular formula is C9H13NO2. The van der Waals surface area contributed by atoms with Crippen LogP contribution in [0.15, 0.2) is 12.2 Å². The van der Waals surface area contributed by atoms with Crippen LogP contribution in [0.3, 0.4) is 0 Å². The van der Waals surface area contributed by atoms with E-state index in [0.717, 1.165) is 12.6 Å². The topological polar surface area (TPSA) is 40.5 Å². The molecule has 3 nitrogen and oxygen atoms in total. The maximum absolute atomic E-state index is 10.1. The van der Waals surface area contributed by atoms with Gasteiger partial charge in [0.05, 0.1) is 0 Å². The van der Waals surface area contributed by atoms with Crippen LogP contribution in [0.4, 0.5) is 0 Å². The summed E-state index contributed by atoms with van der Waals surface area (Å²) in [5, 5.41) is 8.26. The molecule has 0 saturated heterocycles. The first kappa shape index (κ1) is 10.7. The summed E-state index contributed by atoms with van der Waals surface area (Å²) in [5.74, 6) is 1.60. The predicted molar refractivity (Wildman–Crippen MR) is 47.7 cm³/mol. The van der Waals surface area contributed by atoms with E-state index in [1.807, 2.05) is 11.9 Å². The van der Waals surface area contributed by atoms with Crippen LogP contribution in [-0.2, 0) is 4.79 Å². The third kappa shape index (κ3) is 6.84. The van der Waals surface area contributed by atoms with Crippen molar-refractivity contribution in [1.82, 2.24) is 4.90 Å². The zero-order chi connectivity index (χ0) is 9.40. The molecule has 0 amide bonds. The first-order valence-corrected chi connectivity index (χ1v) is 3.68. The maximum atomic E-state index is 10.1. The summed E-state index contributed by atoms with van der Waals surface area (Å²) in [4.78, 5) is 12.0. The van der Waals surface area contributed by atoms with Gasteiger partial charge in [0.25, 0.3) is 0 Å². The second-order valence-corrected chi connectivity index (χ2v) is 2.46. The highest BCUT2D eigenvalue weighted by atomic mass is 16.4. The molecule has 0 spiro atoms. The standard InChI is InChI=1S/C9H13NO2/c1-3-4-7-10(2)8-5-6-9(11)12/h1,5-6H,4,7-8H2,2H3,(H,11,12). The van der Waals surface area contributed by atoms with E-state index < -0.39 is 5.97 Å². The Morgan fingerprint density at radius 3 is 2.92 bits per heavy atom. The number of likely N-dealkylation sites (N-methyl/N-ethyl adjacent to an activating group) is 1. The van der Waals surface area contributed by atoms with Crippen LogP contribution in [0.1, 0.15) is 6.42 Å². The first-order chi connectivity index (χ1) is 5.66. The molecule has 66 valence electrons. The van der Waals surface area contributed by atoms with Gasteiger partial charge in [-0.3, -0.25) is 0 Å². The van der Waals surface area contributed by atoms with E-state index in [4.69, 9.17) is 11.5 Å². The van der Waals surface area contributed by atoms with Crippen LogP contribution in [0.5, 0.6) is 0 Å². The van der Waals surface area contributed by atoms with E-state index in [2.05, 4.69) is 5.92 Å². The summed E-state index contributed by atoms with van der Waals surface area (Å²) in [6, 6.07) is 0. The SMILES string of the molecule is C#CCCN(C)CC=CC(=O)O. The molecule has 0 aromatic rings. The smallest absolute Gasteiger partial charge is 0.328 e. The molecule has 0 bridgehead atoms. The molecule has 0 unspecified atom stereocenters. The molecule has 0 heterocycles. The maximum Gasteiger partial charge on any atom is 0.328 e. The molecule has 0 atom stereocenters. The van der Waals surface area contributed by atoms with E-state index in [1.165, 1.54) is 0 Å². The third-order valence-electron chi connectivity index (χ3n) is 1.32. The lowest BCUT2D eigenvalue weighted by atomic mass is 10.4. The summed E-state index contributed by atoms with van der Waals surface area (Å²) >= 11 is 0. The van der Waals surface area contributed by atoms with Gasteiger partial charge in [-0.15, -0.1) is 12.3 Å². The molecule has 0 aromatic carbocycles. The van der Waals surface area contributed by atoms with Crippen molar-refractivity contribution in [3.8, 4) is 12.3 Å². The molecule has 3 heteroatoms. The second-order valence-electron chi connectivity index (χ2n) is 2.46. The van der Waals surface area contributed by atoms with E-state index >= 15 is 0 Å². The van der Waals surface area contributed by atoms with E-state index in [-0.39, 0.29) is 0 Å². The Balaban J connectivity index is 3.50. The number of carboxylic acid groups (broad SMARTS) is 1. The minimum Gasteiger partial charge on any atom is -0.478 e. The number of hydrogen-bond acceptors (Lipinski definition) is 2. The monoisotopic (exact) mass is 167 g/mol. The molecular weight excluding hydrogens is 154 g/mol. The van der Waals surface area contributed by atoms with Crippen molar-refractivity contribution in [3.63, 3.8) is 0 Å². The Hall–Kier alpha value is -1.27. The fourth-order valence-corrected chi connectivity index (χ4v) is 0.680. The van der Waals surface area contributed by atoms with Crippen molar-refractivity contribution < 1.29 is 9.90 Å². The number of carbonyl (C=O) groups is 1. The highest BCUT2D eigenvalue weighted by Crippen LogP contribution is 1.86. The number of hydrogen-bond donors (Lipinski definition) is 1. The van der Waals surface area contributed by atoms with Gasteiger partial charge in [0.1, 0.15) is 0 Å². The van der Waals surface area contributed by atoms with E-state index in [0.29, 0.717) is 13.0 Å². The molecule has 0 radical (unpaired) electrons. The third-order valence-corrected chi connectivity index (χ3v) is 1.32. The molecule has 0 rings (SSSR count). The number of carboxylic acids is 1. The molecule has 0 aromatic heterocycles. The van der Waals surface area contributed by atoms with Crippen molar-refractivity contribution >= 4 is 5.97 Å². The summed E-state index contributed by atoms with van der Waals surface area (Å²) < 4.78 is 0. The number of rotatable bonds is 5. The van der Waals surface area contributed by atoms with Gasteiger partial charge in [0.15, 0.2) is 0 Å². The quantitative estimate of drug-likeness (QED) is 0.481. The fraction of sp³-hybridized carbons (Fsp3) is 0.444. The van der Waals surface area contributed by atoms with Gasteiger partial charge >= 0.3 is 5.97 Å². The lowest BCUT2D eigenvalue weighted by Crippen LogP contribution is -2.19. The van der Waals surface area contributed by atoms with E-state index in [9.17, 15) is 4.79 Å². The van der Waals surface area contributed by atoms with Crippen molar-refractivity contribution in [2.45, 2.75) is 6.42 Å². The summed E-state index contributed by atoms with van der Waals surface area (Å²) in [6.07, 6.45) is 8.48. The van der Waals surface area contributed by atoms with Gasteiger partial charge in [-0.2, -0.15) is 0 Å². The number of nitrogens with zero attached hydrogens (tertiary/aromatic N) is 1. The average Bonchev–Trinajstić information content (AvgIpc) is 2.00. The van der Waals surface area contributed by atoms with Crippen LogP contribution in [0.25, 0.3) is 0 Å². The van der Waals surface area contributed by atoms with Crippen LogP contribution in [-0.4, -0.2) is 36.1 Å². The van der Waals surface area contributed by atoms with Gasteiger partial charge in [0.2, 0.25) is 0 Å². The van der Waals surface area contributed by atoms with Gasteiger partial charge in [-0.1, -0.05) is 6.08 Å². The number of terminal acetylenes is 1. The molecule has 0 aliphatic carbocycles. The average molecular weight is 167 g/mol. The van der Waals surface area contributed by atoms with Crippen molar-refractivity contribution in [1.29, 1.82) is 0 Å². The van der Waals surface area contributed by atoms with Crippen LogP contribution in [0, 0.1) is 12.3 Å². The van der Waals surface area contributed by atoms with Crippen molar-refractivity contribution in [2.24, 2.45) is 0 Å². The minimum absolute atomic E-state index is 0.619. The minimum atomic E-state index is -0.916. The Bertz CT molecular complexity index is 203. The predicted octanol–water partition coefficient (Wildman–Crippen LogP) is 0.582. The van der Waals surface area contributed by atoms with Crippen LogP contribution >= 0.6 is 0 Å². The normalized spacial score (nSPS) is 10.4. The molecule has 0 aliphatic rings. The molecule has 0 aliphatic heterocycles. The Labute approximate surface area is 72.7 Å². The summed E-state index contributed by atoms with van der Waals surface area (Å²) in [7, 11) is 1.89. The van der Waals surface area contributed by atoms with Gasteiger partial charge in [-0.05, 0) is 7.05 Å². The fourth-order valence-electron chi connectivity index (χ4n) is 0.680. The molecule has 0 saturated carbocycles. The number of aliphatic carboxylic acids is 1. The molecule has 1 N–H and O–H groups in total. The Morgan fingerprint density at radius 1 is 1.75 bits per heavy atom. The highest BCUT2D eigenvalue weighted by Gasteiger charge is 1.92. The van der Waals surface area contributed by atoms with Crippen molar-refractivity contribution in [3.05, 3.63) is 12.2 Å². The lowest BCUT2D eigenvalue weighted by molar-refractivity contribution is -0.131. The van der Waals surface area contributed by atoms with Gasteiger partial charge < -0.3 is 10.0 Å². The van der Waals surface area contributed by atoms with Crippen LogP contribution in [0.2, 0.25) is 0 Å². The Kier molecular flexibility index (Phi) is 5.76. The summed E-state index contributed by atoms with van der Waals surface area (Å²) in [5.41, 5.74) is 0. The van der Waals surface area contributed by atoms with E-state index in [1.54, 1.807) is 6.08 Å². The zero-order valence-electron chi connectivity index (χ0n) is 7.16.